The van der Waals surface area contributed by atoms with Crippen molar-refractivity contribution in [3.05, 3.63) is 58.6 Å². The fourth-order valence-corrected chi connectivity index (χ4v) is 3.75. The van der Waals surface area contributed by atoms with Crippen molar-refractivity contribution in [2.75, 3.05) is 4.72 Å². The maximum atomic E-state index is 12.6. The third kappa shape index (κ3) is 3.94. The number of sulfonamides is 1. The van der Waals surface area contributed by atoms with Gasteiger partial charge in [0.25, 0.3) is 15.9 Å². The van der Waals surface area contributed by atoms with E-state index in [1.807, 2.05) is 0 Å². The van der Waals surface area contributed by atoms with E-state index in [9.17, 15) is 18.3 Å². The van der Waals surface area contributed by atoms with Crippen molar-refractivity contribution in [1.29, 1.82) is 0 Å². The highest BCUT2D eigenvalue weighted by Crippen LogP contribution is 2.49. The van der Waals surface area contributed by atoms with E-state index in [2.05, 4.69) is 4.72 Å². The van der Waals surface area contributed by atoms with Crippen molar-refractivity contribution < 1.29 is 27.5 Å². The van der Waals surface area contributed by atoms with Crippen LogP contribution in [0.2, 0.25) is 10.0 Å². The molecule has 1 aromatic heterocycles. The van der Waals surface area contributed by atoms with Crippen molar-refractivity contribution in [2.45, 2.75) is 11.8 Å². The number of benzene rings is 2. The van der Waals surface area contributed by atoms with E-state index in [0.29, 0.717) is 0 Å². The molecule has 0 radical (unpaired) electrons. The maximum Gasteiger partial charge on any atom is 0.308 e. The van der Waals surface area contributed by atoms with Crippen LogP contribution in [0.1, 0.15) is 6.92 Å². The number of anilines is 1. The van der Waals surface area contributed by atoms with Crippen molar-refractivity contribution in [3.8, 4) is 22.8 Å². The van der Waals surface area contributed by atoms with E-state index >= 15 is 0 Å². The topological polar surface area (TPSA) is 106 Å². The summed E-state index contributed by atoms with van der Waals surface area (Å²) in [5.41, 5.74) is 0.185. The normalized spacial score (nSPS) is 11.2. The first-order chi connectivity index (χ1) is 13.2. The standard InChI is InChI=1S/C18H13Cl2NO6S/c1-10(22)26-17-15(23)16(12-8-5-9-13(19)14(12)20)27-18(17)21-28(24,25)11-6-3-2-4-7-11/h2-9,21,23H,1H3. The van der Waals surface area contributed by atoms with Gasteiger partial charge in [-0.05, 0) is 24.3 Å². The Bertz CT molecular complexity index is 1140. The molecule has 2 aromatic carbocycles. The molecule has 0 bridgehead atoms. The molecular weight excluding hydrogens is 429 g/mol. The van der Waals surface area contributed by atoms with Gasteiger partial charge in [-0.2, -0.15) is 0 Å². The zero-order valence-corrected chi connectivity index (χ0v) is 16.6. The maximum absolute atomic E-state index is 12.6. The molecule has 7 nitrogen and oxygen atoms in total. The van der Waals surface area contributed by atoms with Gasteiger partial charge >= 0.3 is 5.97 Å². The van der Waals surface area contributed by atoms with Crippen molar-refractivity contribution >= 4 is 45.1 Å². The molecule has 0 saturated heterocycles. The molecule has 0 aliphatic heterocycles. The second-order valence-corrected chi connectivity index (χ2v) is 8.02. The Morgan fingerprint density at radius 2 is 1.79 bits per heavy atom. The minimum absolute atomic E-state index is 0.0537. The molecule has 1 heterocycles. The van der Waals surface area contributed by atoms with Gasteiger partial charge in [0.15, 0.2) is 5.76 Å². The summed E-state index contributed by atoms with van der Waals surface area (Å²) in [6, 6.07) is 12.1. The lowest BCUT2D eigenvalue weighted by molar-refractivity contribution is -0.131. The van der Waals surface area contributed by atoms with Gasteiger partial charge in [0.2, 0.25) is 11.5 Å². The number of ether oxygens (including phenoxy) is 1. The van der Waals surface area contributed by atoms with Crippen LogP contribution >= 0.6 is 23.2 Å². The number of hydrogen-bond acceptors (Lipinski definition) is 6. The van der Waals surface area contributed by atoms with Crippen LogP contribution < -0.4 is 9.46 Å². The van der Waals surface area contributed by atoms with Gasteiger partial charge in [-0.15, -0.1) is 0 Å². The number of rotatable bonds is 5. The van der Waals surface area contributed by atoms with E-state index in [0.717, 1.165) is 6.92 Å². The third-order valence-electron chi connectivity index (χ3n) is 3.56. The van der Waals surface area contributed by atoms with Crippen molar-refractivity contribution in [3.63, 3.8) is 0 Å². The first-order valence-corrected chi connectivity index (χ1v) is 10.0. The molecule has 0 saturated carbocycles. The van der Waals surface area contributed by atoms with Crippen molar-refractivity contribution in [2.24, 2.45) is 0 Å². The van der Waals surface area contributed by atoms with Crippen LogP contribution in [0.5, 0.6) is 11.5 Å². The van der Waals surface area contributed by atoms with E-state index in [-0.39, 0.29) is 26.3 Å². The number of halogens is 2. The van der Waals surface area contributed by atoms with Gasteiger partial charge in [-0.25, -0.2) is 13.1 Å². The Morgan fingerprint density at radius 1 is 1.11 bits per heavy atom. The number of nitrogens with one attached hydrogen (secondary N) is 1. The summed E-state index contributed by atoms with van der Waals surface area (Å²) >= 11 is 12.1. The zero-order chi connectivity index (χ0) is 20.5. The minimum atomic E-state index is -4.08. The van der Waals surface area contributed by atoms with Crippen LogP contribution in [0, 0.1) is 0 Å². The number of hydrogen-bond donors (Lipinski definition) is 2. The smallest absolute Gasteiger partial charge is 0.308 e. The van der Waals surface area contributed by atoms with E-state index in [4.69, 9.17) is 32.4 Å². The number of furan rings is 1. The van der Waals surface area contributed by atoms with Crippen LogP contribution in [-0.4, -0.2) is 19.5 Å². The Labute approximate surface area is 170 Å². The summed E-state index contributed by atoms with van der Waals surface area (Å²) in [5.74, 6) is -2.58. The van der Waals surface area contributed by atoms with Crippen LogP contribution in [0.4, 0.5) is 5.88 Å². The molecule has 0 aliphatic rings. The molecule has 146 valence electrons. The molecular formula is C18H13Cl2NO6S. The predicted octanol–water partition coefficient (Wildman–Crippen LogP) is 4.69. The largest absolute Gasteiger partial charge is 0.502 e. The van der Waals surface area contributed by atoms with Crippen LogP contribution in [0.15, 0.2) is 57.8 Å². The molecule has 2 N–H and O–H groups in total. The zero-order valence-electron chi connectivity index (χ0n) is 14.3. The number of aromatic hydroxyl groups is 1. The van der Waals surface area contributed by atoms with E-state index < -0.39 is 33.4 Å². The summed E-state index contributed by atoms with van der Waals surface area (Å²) in [7, 11) is -4.08. The highest BCUT2D eigenvalue weighted by molar-refractivity contribution is 7.92. The average Bonchev–Trinajstić information content (AvgIpc) is 2.93. The van der Waals surface area contributed by atoms with Gasteiger partial charge in [-0.1, -0.05) is 47.5 Å². The third-order valence-corrected chi connectivity index (χ3v) is 5.73. The number of carbonyl (C=O) groups excluding carboxylic acids is 1. The summed E-state index contributed by atoms with van der Waals surface area (Å²) in [5, 5.41) is 10.7. The molecule has 0 fully saturated rings. The molecule has 0 atom stereocenters. The second-order valence-electron chi connectivity index (χ2n) is 5.55. The van der Waals surface area contributed by atoms with E-state index in [1.54, 1.807) is 24.3 Å². The SMILES string of the molecule is CC(=O)Oc1c(NS(=O)(=O)c2ccccc2)oc(-c2cccc(Cl)c2Cl)c1O. The van der Waals surface area contributed by atoms with Crippen LogP contribution in [0.3, 0.4) is 0 Å². The van der Waals surface area contributed by atoms with Gasteiger partial charge in [0.05, 0.1) is 14.9 Å². The highest BCUT2D eigenvalue weighted by atomic mass is 35.5. The number of esters is 1. The molecule has 0 aliphatic carbocycles. The summed E-state index contributed by atoms with van der Waals surface area (Å²) in [4.78, 5) is 11.4. The molecule has 0 unspecified atom stereocenters. The quantitative estimate of drug-likeness (QED) is 0.556. The Morgan fingerprint density at radius 3 is 2.43 bits per heavy atom. The second kappa shape index (κ2) is 7.75. The fraction of sp³-hybridized carbons (Fsp3) is 0.0556. The predicted molar refractivity (Wildman–Crippen MR) is 104 cm³/mol. The lowest BCUT2D eigenvalue weighted by atomic mass is 10.1. The van der Waals surface area contributed by atoms with Gasteiger partial charge in [0, 0.05) is 12.5 Å². The molecule has 3 aromatic rings. The molecule has 10 heteroatoms. The lowest BCUT2D eigenvalue weighted by Crippen LogP contribution is -2.13. The van der Waals surface area contributed by atoms with E-state index in [1.165, 1.54) is 24.3 Å². The minimum Gasteiger partial charge on any atom is -0.502 e. The number of carbonyl (C=O) groups is 1. The first-order valence-electron chi connectivity index (χ1n) is 7.77. The molecule has 3 rings (SSSR count). The summed E-state index contributed by atoms with van der Waals surface area (Å²) in [6.45, 7) is 1.09. The summed E-state index contributed by atoms with van der Waals surface area (Å²) < 4.78 is 37.7. The first kappa shape index (κ1) is 20.1. The van der Waals surface area contributed by atoms with Gasteiger partial charge in [0.1, 0.15) is 0 Å². The molecule has 0 spiro atoms. The Kier molecular flexibility index (Phi) is 5.55. The van der Waals surface area contributed by atoms with Crippen LogP contribution in [-0.2, 0) is 14.8 Å². The van der Waals surface area contributed by atoms with Crippen molar-refractivity contribution in [1.82, 2.24) is 0 Å². The monoisotopic (exact) mass is 441 g/mol. The molecule has 0 amide bonds. The molecule has 28 heavy (non-hydrogen) atoms. The Hall–Kier alpha value is -2.68. The van der Waals surface area contributed by atoms with Crippen LogP contribution in [0.25, 0.3) is 11.3 Å². The highest BCUT2D eigenvalue weighted by Gasteiger charge is 2.29. The Balaban J connectivity index is 2.13. The van der Waals surface area contributed by atoms with Gasteiger partial charge in [-0.3, -0.25) is 4.79 Å². The summed E-state index contributed by atoms with van der Waals surface area (Å²) in [6.07, 6.45) is 0. The average molecular weight is 442 g/mol. The lowest BCUT2D eigenvalue weighted by Gasteiger charge is -2.07. The van der Waals surface area contributed by atoms with Gasteiger partial charge < -0.3 is 14.3 Å². The fourth-order valence-electron chi connectivity index (χ4n) is 2.36.